The van der Waals surface area contributed by atoms with E-state index in [1.807, 2.05) is 6.92 Å². The van der Waals surface area contributed by atoms with Gasteiger partial charge in [-0.05, 0) is 19.1 Å². The number of nitrogens with zero attached hydrogens (tertiary/aromatic N) is 2. The fourth-order valence-corrected chi connectivity index (χ4v) is 1.50. The highest BCUT2D eigenvalue weighted by molar-refractivity contribution is 6.02. The van der Waals surface area contributed by atoms with Crippen LogP contribution < -0.4 is 10.6 Å². The van der Waals surface area contributed by atoms with Crippen LogP contribution in [0.4, 0.5) is 20.3 Å². The third-order valence-corrected chi connectivity index (χ3v) is 2.42. The lowest BCUT2D eigenvalue weighted by atomic mass is 10.3. The van der Waals surface area contributed by atoms with E-state index in [1.165, 1.54) is 12.4 Å². The van der Waals surface area contributed by atoms with Gasteiger partial charge in [-0.15, -0.1) is 0 Å². The molecule has 2 N–H and O–H groups in total. The number of amides is 1. The van der Waals surface area contributed by atoms with Crippen molar-refractivity contribution >= 4 is 17.4 Å². The quantitative estimate of drug-likeness (QED) is 0.901. The second-order valence-electron chi connectivity index (χ2n) is 3.90. The molecule has 7 heteroatoms. The van der Waals surface area contributed by atoms with Gasteiger partial charge in [0, 0.05) is 12.6 Å². The zero-order valence-electron chi connectivity index (χ0n) is 10.7. The van der Waals surface area contributed by atoms with Crippen molar-refractivity contribution in [2.24, 2.45) is 0 Å². The van der Waals surface area contributed by atoms with E-state index in [1.54, 1.807) is 0 Å². The summed E-state index contributed by atoms with van der Waals surface area (Å²) in [6.07, 6.45) is 2.64. The van der Waals surface area contributed by atoms with Crippen LogP contribution >= 0.6 is 0 Å². The Kier molecular flexibility index (Phi) is 4.19. The van der Waals surface area contributed by atoms with E-state index in [-0.39, 0.29) is 11.4 Å². The average molecular weight is 278 g/mol. The molecule has 1 heterocycles. The van der Waals surface area contributed by atoms with Gasteiger partial charge >= 0.3 is 0 Å². The zero-order valence-corrected chi connectivity index (χ0v) is 10.7. The molecule has 2 aromatic rings. The van der Waals surface area contributed by atoms with E-state index in [2.05, 4.69) is 20.6 Å². The van der Waals surface area contributed by atoms with E-state index in [4.69, 9.17) is 0 Å². The minimum atomic E-state index is -0.725. The Balaban J connectivity index is 2.13. The first kappa shape index (κ1) is 13.9. The lowest BCUT2D eigenvalue weighted by Gasteiger charge is -2.06. The molecule has 1 amide bonds. The van der Waals surface area contributed by atoms with E-state index >= 15 is 0 Å². The summed E-state index contributed by atoms with van der Waals surface area (Å²) >= 11 is 0. The molecule has 0 saturated heterocycles. The van der Waals surface area contributed by atoms with Crippen molar-refractivity contribution in [3.05, 3.63) is 47.9 Å². The van der Waals surface area contributed by atoms with Crippen LogP contribution in [0.3, 0.4) is 0 Å². The van der Waals surface area contributed by atoms with Gasteiger partial charge in [-0.1, -0.05) is 0 Å². The van der Waals surface area contributed by atoms with E-state index in [0.717, 1.165) is 18.2 Å². The second kappa shape index (κ2) is 6.05. The number of halogens is 2. The topological polar surface area (TPSA) is 66.9 Å². The van der Waals surface area contributed by atoms with Gasteiger partial charge in [0.15, 0.2) is 0 Å². The molecule has 0 saturated carbocycles. The third kappa shape index (κ3) is 3.25. The predicted octanol–water partition coefficient (Wildman–Crippen LogP) is 2.44. The van der Waals surface area contributed by atoms with E-state index in [9.17, 15) is 13.6 Å². The molecule has 2 rings (SSSR count). The first-order chi connectivity index (χ1) is 9.60. The van der Waals surface area contributed by atoms with Gasteiger partial charge in [-0.2, -0.15) is 0 Å². The van der Waals surface area contributed by atoms with Crippen LogP contribution in [0.15, 0.2) is 30.6 Å². The van der Waals surface area contributed by atoms with Gasteiger partial charge in [0.2, 0.25) is 0 Å². The van der Waals surface area contributed by atoms with Crippen molar-refractivity contribution in [1.82, 2.24) is 9.97 Å². The molecule has 0 aliphatic carbocycles. The van der Waals surface area contributed by atoms with Crippen LogP contribution in [0, 0.1) is 11.6 Å². The highest BCUT2D eigenvalue weighted by Crippen LogP contribution is 2.16. The number of hydrogen-bond donors (Lipinski definition) is 2. The summed E-state index contributed by atoms with van der Waals surface area (Å²) in [5, 5.41) is 5.17. The normalized spacial score (nSPS) is 10.2. The van der Waals surface area contributed by atoms with Crippen LogP contribution in [0.2, 0.25) is 0 Å². The summed E-state index contributed by atoms with van der Waals surface area (Å²) in [6, 6.07) is 2.80. The van der Waals surface area contributed by atoms with E-state index in [0.29, 0.717) is 12.4 Å². The van der Waals surface area contributed by atoms with Crippen LogP contribution in [-0.2, 0) is 0 Å². The lowest BCUT2D eigenvalue weighted by molar-refractivity contribution is 0.102. The monoisotopic (exact) mass is 278 g/mol. The lowest BCUT2D eigenvalue weighted by Crippen LogP contribution is -2.15. The second-order valence-corrected chi connectivity index (χ2v) is 3.90. The molecule has 0 bridgehead atoms. The maximum absolute atomic E-state index is 13.4. The van der Waals surface area contributed by atoms with Gasteiger partial charge < -0.3 is 10.6 Å². The van der Waals surface area contributed by atoms with Crippen LogP contribution in [0.5, 0.6) is 0 Å². The zero-order chi connectivity index (χ0) is 14.5. The molecule has 104 valence electrons. The van der Waals surface area contributed by atoms with Crippen molar-refractivity contribution in [3.8, 4) is 0 Å². The summed E-state index contributed by atoms with van der Waals surface area (Å²) in [4.78, 5) is 19.7. The molecular weight excluding hydrogens is 266 g/mol. The Morgan fingerprint density at radius 2 is 2.05 bits per heavy atom. The number of carbonyl (C=O) groups excluding carboxylic acids is 1. The van der Waals surface area contributed by atoms with Crippen molar-refractivity contribution < 1.29 is 13.6 Å². The van der Waals surface area contributed by atoms with Crippen molar-refractivity contribution in [2.75, 3.05) is 17.2 Å². The first-order valence-corrected chi connectivity index (χ1v) is 5.92. The van der Waals surface area contributed by atoms with Gasteiger partial charge in [-0.25, -0.2) is 18.7 Å². The summed E-state index contributed by atoms with van der Waals surface area (Å²) in [7, 11) is 0. The molecule has 0 spiro atoms. The largest absolute Gasteiger partial charge is 0.369 e. The Hall–Kier alpha value is -2.57. The summed E-state index contributed by atoms with van der Waals surface area (Å²) in [6.45, 7) is 2.57. The summed E-state index contributed by atoms with van der Waals surface area (Å²) < 4.78 is 26.4. The molecule has 1 aromatic carbocycles. The number of benzene rings is 1. The summed E-state index contributed by atoms with van der Waals surface area (Å²) in [5.74, 6) is -1.50. The number of hydrogen-bond acceptors (Lipinski definition) is 4. The smallest absolute Gasteiger partial charge is 0.275 e. The molecule has 0 fully saturated rings. The molecule has 0 atom stereocenters. The molecule has 5 nitrogen and oxygen atoms in total. The highest BCUT2D eigenvalue weighted by atomic mass is 19.1. The van der Waals surface area contributed by atoms with Crippen LogP contribution in [-0.4, -0.2) is 22.4 Å². The number of carbonyl (C=O) groups is 1. The maximum Gasteiger partial charge on any atom is 0.275 e. The van der Waals surface area contributed by atoms with Crippen molar-refractivity contribution in [1.29, 1.82) is 0 Å². The molecule has 20 heavy (non-hydrogen) atoms. The molecule has 1 aromatic heterocycles. The number of nitrogens with one attached hydrogen (secondary N) is 2. The molecule has 0 aliphatic heterocycles. The highest BCUT2D eigenvalue weighted by Gasteiger charge is 2.11. The molecular formula is C13H12F2N4O. The Labute approximate surface area is 114 Å². The maximum atomic E-state index is 13.4. The van der Waals surface area contributed by atoms with Crippen molar-refractivity contribution in [2.45, 2.75) is 6.92 Å². The molecule has 0 aliphatic rings. The number of aromatic nitrogens is 2. The van der Waals surface area contributed by atoms with Gasteiger partial charge in [0.05, 0.1) is 18.1 Å². The summed E-state index contributed by atoms with van der Waals surface area (Å²) in [5.41, 5.74) is -0.233. The predicted molar refractivity (Wildman–Crippen MR) is 70.5 cm³/mol. The van der Waals surface area contributed by atoms with Crippen LogP contribution in [0.1, 0.15) is 17.4 Å². The average Bonchev–Trinajstić information content (AvgIpc) is 2.44. The first-order valence-electron chi connectivity index (χ1n) is 5.92. The number of anilines is 2. The number of rotatable bonds is 4. The van der Waals surface area contributed by atoms with Gasteiger partial charge in [0.1, 0.15) is 23.1 Å². The Morgan fingerprint density at radius 1 is 1.25 bits per heavy atom. The van der Waals surface area contributed by atoms with E-state index < -0.39 is 17.5 Å². The fraction of sp³-hybridized carbons (Fsp3) is 0.154. The molecule has 0 unspecified atom stereocenters. The van der Waals surface area contributed by atoms with Gasteiger partial charge in [0.25, 0.3) is 5.91 Å². The third-order valence-electron chi connectivity index (χ3n) is 2.42. The Morgan fingerprint density at radius 3 is 2.70 bits per heavy atom. The van der Waals surface area contributed by atoms with Crippen LogP contribution in [0.25, 0.3) is 0 Å². The standard InChI is InChI=1S/C13H12F2N4O/c1-2-16-12-7-17-11(6-18-12)13(20)19-10-5-8(14)3-4-9(10)15/h3-7H,2H2,1H3,(H,16,18)(H,19,20). The minimum Gasteiger partial charge on any atom is -0.369 e. The fourth-order valence-electron chi connectivity index (χ4n) is 1.50. The Bertz CT molecular complexity index is 616. The SMILES string of the molecule is CCNc1cnc(C(=O)Nc2cc(F)ccc2F)cn1. The molecule has 0 radical (unpaired) electrons. The van der Waals surface area contributed by atoms with Gasteiger partial charge in [-0.3, -0.25) is 4.79 Å². The minimum absolute atomic E-state index is 0.00955. The van der Waals surface area contributed by atoms with Crippen molar-refractivity contribution in [3.63, 3.8) is 0 Å².